The molecule has 9 atom stereocenters. The van der Waals surface area contributed by atoms with E-state index in [9.17, 15) is 19.2 Å². The Bertz CT molecular complexity index is 2710. The Labute approximate surface area is 386 Å². The van der Waals surface area contributed by atoms with Gasteiger partial charge >= 0.3 is 12.2 Å². The number of alkyl carbamates (subject to hydrolysis) is 2. The molecule has 6 heterocycles. The SMILES string of the molecule is COC(=O)N[C@H](C(=O)N1C2C(C)C2C[C@H]1c1nc(Cl)c(-c2ccc3cc(-c4ccc5nc([C@@H]6C[C@H]7C[C@H]7N6C(=O)[C@@H](NC(=O)OC)C6CCOCC6)[nH]c5c4)ccc3c2)[nH]1)C1CCOCC1. The van der Waals surface area contributed by atoms with Gasteiger partial charge in [-0.3, -0.25) is 9.59 Å². The number of rotatable bonds is 10. The number of carbonyl (C=O) groups is 4. The van der Waals surface area contributed by atoms with Gasteiger partial charge in [0, 0.05) is 44.1 Å². The van der Waals surface area contributed by atoms with Crippen LogP contribution in [-0.2, 0) is 28.5 Å². The lowest BCUT2D eigenvalue weighted by Gasteiger charge is -2.35. The largest absolute Gasteiger partial charge is 0.453 e. The third-order valence-electron chi connectivity index (χ3n) is 15.5. The number of nitrogens with zero attached hydrogens (tertiary/aromatic N) is 4. The second-order valence-electron chi connectivity index (χ2n) is 19.1. The Morgan fingerprint density at radius 1 is 0.712 bits per heavy atom. The summed E-state index contributed by atoms with van der Waals surface area (Å²) in [6.07, 6.45) is 4.05. The molecule has 4 aliphatic heterocycles. The summed E-state index contributed by atoms with van der Waals surface area (Å²) in [6, 6.07) is 17.0. The van der Waals surface area contributed by atoms with E-state index in [1.165, 1.54) is 14.2 Å². The topological polar surface area (TPSA) is 193 Å². The van der Waals surface area contributed by atoms with Crippen LogP contribution in [0.1, 0.15) is 75.6 Å². The van der Waals surface area contributed by atoms with Gasteiger partial charge in [0.2, 0.25) is 11.8 Å². The minimum Gasteiger partial charge on any atom is -0.453 e. The van der Waals surface area contributed by atoms with Crippen molar-refractivity contribution >= 4 is 57.4 Å². The van der Waals surface area contributed by atoms with Crippen LogP contribution >= 0.6 is 11.6 Å². The number of hydrogen-bond acceptors (Lipinski definition) is 10. The van der Waals surface area contributed by atoms with Gasteiger partial charge in [0.25, 0.3) is 0 Å². The Kier molecular flexibility index (Phi) is 11.2. The maximum Gasteiger partial charge on any atom is 0.407 e. The molecule has 2 aliphatic carbocycles. The van der Waals surface area contributed by atoms with Gasteiger partial charge in [-0.05, 0) is 121 Å². The molecule has 3 unspecified atom stereocenters. The van der Waals surface area contributed by atoms with Crippen molar-refractivity contribution in [1.29, 1.82) is 0 Å². The van der Waals surface area contributed by atoms with Crippen LogP contribution in [-0.4, -0.2) is 119 Å². The zero-order valence-electron chi connectivity index (χ0n) is 37.3. The highest BCUT2D eigenvalue weighted by Crippen LogP contribution is 2.58. The molecule has 6 fully saturated rings. The molecule has 16 nitrogen and oxygen atoms in total. The number of aromatic amines is 2. The van der Waals surface area contributed by atoms with Crippen molar-refractivity contribution < 1.29 is 38.1 Å². The third-order valence-corrected chi connectivity index (χ3v) is 15.7. The van der Waals surface area contributed by atoms with Crippen LogP contribution in [0.25, 0.3) is 44.2 Å². The number of carbonyl (C=O) groups excluding carboxylic acids is 4. The van der Waals surface area contributed by atoms with E-state index in [1.807, 2.05) is 21.9 Å². The number of fused-ring (bicyclic) bond motifs is 4. The van der Waals surface area contributed by atoms with Gasteiger partial charge in [-0.15, -0.1) is 0 Å². The molecule has 346 valence electrons. The van der Waals surface area contributed by atoms with Gasteiger partial charge in [-0.1, -0.05) is 48.9 Å². The summed E-state index contributed by atoms with van der Waals surface area (Å²) in [6.45, 7) is 4.37. The number of hydrogen-bond donors (Lipinski definition) is 4. The molecule has 2 aromatic heterocycles. The molecule has 6 aliphatic rings. The van der Waals surface area contributed by atoms with Crippen molar-refractivity contribution in [2.24, 2.45) is 29.6 Å². The predicted molar refractivity (Wildman–Crippen MR) is 244 cm³/mol. The lowest BCUT2D eigenvalue weighted by molar-refractivity contribution is -0.139. The minimum atomic E-state index is -0.727. The molecular weight excluding hydrogens is 864 g/mol. The molecule has 4 amide bonds. The van der Waals surface area contributed by atoms with Crippen LogP contribution in [0.15, 0.2) is 54.6 Å². The Balaban J connectivity index is 0.820. The average Bonchev–Trinajstić information content (AvgIpc) is 3.85. The standard InChI is InChI=1S/C49H55ClN8O8/c1-24-33-23-38(58(42(24)33)47(60)41(55-49(62)64-3)26-12-16-66-17-13-26)45-53-39(43(50)56-45)31-7-6-27-18-28(4-5-29(27)19-31)30-8-9-34-35(20-30)52-44(51-34)37-22-32-21-36(32)57(37)46(59)40(54-48(61)63-2)25-10-14-65-15-11-25/h4-9,18-20,24-26,32-33,36-38,40-42H,10-17,21-23H2,1-3H3,(H,51,52)(H,53,56)(H,54,61)(H,55,62)/t24?,32-,33?,36-,37+,38+,40+,41+,42?/m1/s1. The molecule has 3 aromatic carbocycles. The van der Waals surface area contributed by atoms with Crippen molar-refractivity contribution in [3.05, 3.63) is 71.4 Å². The maximum atomic E-state index is 14.5. The Morgan fingerprint density at radius 3 is 1.92 bits per heavy atom. The van der Waals surface area contributed by atoms with Gasteiger partial charge < -0.3 is 49.3 Å². The molecule has 66 heavy (non-hydrogen) atoms. The number of H-pyrrole nitrogens is 2. The summed E-state index contributed by atoms with van der Waals surface area (Å²) >= 11 is 6.90. The smallest absolute Gasteiger partial charge is 0.407 e. The molecule has 11 rings (SSSR count). The summed E-state index contributed by atoms with van der Waals surface area (Å²) in [5.74, 6) is 2.22. The number of likely N-dealkylation sites (tertiary alicyclic amines) is 2. The molecule has 2 saturated carbocycles. The molecule has 5 aromatic rings. The first-order chi connectivity index (χ1) is 32.1. The Morgan fingerprint density at radius 2 is 1.27 bits per heavy atom. The minimum absolute atomic E-state index is 0.0336. The number of methoxy groups -OCH3 is 2. The lowest BCUT2D eigenvalue weighted by atomic mass is 9.90. The number of nitrogens with one attached hydrogen (secondary N) is 4. The van der Waals surface area contributed by atoms with E-state index >= 15 is 0 Å². The third kappa shape index (κ3) is 7.73. The molecular formula is C49H55ClN8O8. The highest BCUT2D eigenvalue weighted by Gasteiger charge is 2.62. The van der Waals surface area contributed by atoms with Gasteiger partial charge in [0.05, 0.1) is 43.0 Å². The quantitative estimate of drug-likeness (QED) is 0.111. The summed E-state index contributed by atoms with van der Waals surface area (Å²) in [5, 5.41) is 8.14. The number of imidazole rings is 2. The van der Waals surface area contributed by atoms with Crippen LogP contribution in [0.5, 0.6) is 0 Å². The van der Waals surface area contributed by atoms with Crippen LogP contribution in [0.2, 0.25) is 5.15 Å². The lowest BCUT2D eigenvalue weighted by Crippen LogP contribution is -2.54. The number of halogens is 1. The molecule has 0 radical (unpaired) electrons. The molecule has 4 N–H and O–H groups in total. The average molecular weight is 919 g/mol. The van der Waals surface area contributed by atoms with Gasteiger partial charge in [0.1, 0.15) is 23.7 Å². The van der Waals surface area contributed by atoms with E-state index < -0.39 is 24.3 Å². The second kappa shape index (κ2) is 17.2. The second-order valence-corrected chi connectivity index (χ2v) is 19.5. The van der Waals surface area contributed by atoms with Crippen LogP contribution in [0.4, 0.5) is 9.59 Å². The van der Waals surface area contributed by atoms with Crippen molar-refractivity contribution in [1.82, 2.24) is 40.4 Å². The fourth-order valence-electron chi connectivity index (χ4n) is 11.7. The first-order valence-corrected chi connectivity index (χ1v) is 23.7. The fourth-order valence-corrected chi connectivity index (χ4v) is 11.9. The van der Waals surface area contributed by atoms with E-state index in [2.05, 4.69) is 70.0 Å². The number of ether oxygens (including phenoxy) is 4. The summed E-state index contributed by atoms with van der Waals surface area (Å²) in [4.78, 5) is 74.5. The monoisotopic (exact) mass is 918 g/mol. The van der Waals surface area contributed by atoms with Crippen LogP contribution in [0.3, 0.4) is 0 Å². The Hall–Kier alpha value is -5.71. The van der Waals surface area contributed by atoms with E-state index in [4.69, 9.17) is 40.5 Å². The fraction of sp³-hybridized carbons (Fsp3) is 0.510. The predicted octanol–water partition coefficient (Wildman–Crippen LogP) is 7.30. The first-order valence-electron chi connectivity index (χ1n) is 23.4. The molecule has 17 heteroatoms. The molecule has 4 saturated heterocycles. The summed E-state index contributed by atoms with van der Waals surface area (Å²) < 4.78 is 21.0. The highest BCUT2D eigenvalue weighted by molar-refractivity contribution is 6.32. The first kappa shape index (κ1) is 42.9. The number of amides is 4. The zero-order valence-corrected chi connectivity index (χ0v) is 38.0. The normalized spacial score (nSPS) is 27.0. The van der Waals surface area contributed by atoms with Crippen molar-refractivity contribution in [3.63, 3.8) is 0 Å². The van der Waals surface area contributed by atoms with E-state index in [-0.39, 0.29) is 47.8 Å². The van der Waals surface area contributed by atoms with Gasteiger partial charge in [-0.25, -0.2) is 19.6 Å². The maximum absolute atomic E-state index is 14.5. The number of piperidine rings is 2. The van der Waals surface area contributed by atoms with E-state index in [0.717, 1.165) is 63.6 Å². The zero-order chi connectivity index (χ0) is 45.4. The van der Waals surface area contributed by atoms with Crippen molar-refractivity contribution in [3.8, 4) is 22.4 Å². The summed E-state index contributed by atoms with van der Waals surface area (Å²) in [7, 11) is 2.63. The van der Waals surface area contributed by atoms with Crippen LogP contribution in [0, 0.1) is 29.6 Å². The highest BCUT2D eigenvalue weighted by atomic mass is 35.5. The van der Waals surface area contributed by atoms with Gasteiger partial charge in [-0.2, -0.15) is 0 Å². The van der Waals surface area contributed by atoms with Crippen LogP contribution < -0.4 is 10.6 Å². The molecule has 0 spiro atoms. The number of benzene rings is 3. The van der Waals surface area contributed by atoms with Crippen molar-refractivity contribution in [2.75, 3.05) is 40.6 Å². The molecule has 0 bridgehead atoms. The number of aromatic nitrogens is 4. The van der Waals surface area contributed by atoms with E-state index in [0.29, 0.717) is 86.5 Å². The van der Waals surface area contributed by atoms with E-state index in [1.54, 1.807) is 0 Å². The van der Waals surface area contributed by atoms with Gasteiger partial charge in [0.15, 0.2) is 5.15 Å². The van der Waals surface area contributed by atoms with Crippen molar-refractivity contribution in [2.45, 2.75) is 88.1 Å². The summed E-state index contributed by atoms with van der Waals surface area (Å²) in [5.41, 5.74) is 5.35.